The summed E-state index contributed by atoms with van der Waals surface area (Å²) in [6.07, 6.45) is 1.71. The topological polar surface area (TPSA) is 67.8 Å². The Kier molecular flexibility index (Phi) is 8.01. The Morgan fingerprint density at radius 3 is 2.60 bits per heavy atom. The number of methoxy groups -OCH3 is 1. The van der Waals surface area contributed by atoms with E-state index in [0.717, 1.165) is 16.1 Å². The highest BCUT2D eigenvalue weighted by Gasteiger charge is 2.06. The first-order chi connectivity index (χ1) is 12.2. The second kappa shape index (κ2) is 10.5. The minimum atomic E-state index is 0.462. The average Bonchev–Trinajstić information content (AvgIpc) is 2.64. The molecule has 0 saturated heterocycles. The Hall–Kier alpha value is -2.31. The molecule has 7 heteroatoms. The number of nitrogens with one attached hydrogen (secondary N) is 2. The molecule has 0 fully saturated rings. The molecule has 0 bridgehead atoms. The number of rotatable bonds is 8. The maximum Gasteiger partial charge on any atom is 0.218 e. The second-order valence-electron chi connectivity index (χ2n) is 5.21. The number of aliphatic imine (C=N–C) groups is 1. The molecule has 0 aliphatic carbocycles. The number of hydrogen-bond acceptors (Lipinski definition) is 4. The molecule has 0 aliphatic heterocycles. The Balaban J connectivity index is 1.87. The molecule has 0 saturated carbocycles. The van der Waals surface area contributed by atoms with Crippen molar-refractivity contribution in [3.8, 4) is 5.88 Å². The number of nitrogens with zero attached hydrogens (tertiary/aromatic N) is 2. The van der Waals surface area contributed by atoms with Gasteiger partial charge >= 0.3 is 0 Å². The van der Waals surface area contributed by atoms with E-state index < -0.39 is 0 Å². The van der Waals surface area contributed by atoms with E-state index in [-0.39, 0.29) is 0 Å². The summed E-state index contributed by atoms with van der Waals surface area (Å²) in [6.45, 7) is 2.19. The molecule has 0 atom stereocenters. The summed E-state index contributed by atoms with van der Waals surface area (Å²) in [5, 5.41) is 7.25. The van der Waals surface area contributed by atoms with Crippen molar-refractivity contribution in [2.24, 2.45) is 4.99 Å². The van der Waals surface area contributed by atoms with Gasteiger partial charge in [-0.2, -0.15) is 0 Å². The maximum atomic E-state index is 5.90. The van der Waals surface area contributed by atoms with Gasteiger partial charge in [0.25, 0.3) is 0 Å². The van der Waals surface area contributed by atoms with Crippen LogP contribution in [0.1, 0.15) is 11.1 Å². The van der Waals surface area contributed by atoms with E-state index in [1.54, 1.807) is 20.4 Å². The van der Waals surface area contributed by atoms with Crippen LogP contribution >= 0.6 is 11.6 Å². The number of benzene rings is 1. The van der Waals surface area contributed by atoms with Crippen LogP contribution in [0.5, 0.6) is 5.88 Å². The first-order valence-corrected chi connectivity index (χ1v) is 8.35. The fourth-order valence-electron chi connectivity index (χ4n) is 2.10. The van der Waals surface area contributed by atoms with E-state index in [2.05, 4.69) is 20.6 Å². The van der Waals surface area contributed by atoms with Crippen LogP contribution in [0.2, 0.25) is 5.02 Å². The summed E-state index contributed by atoms with van der Waals surface area (Å²) in [7, 11) is 3.37. The Bertz CT molecular complexity index is 677. The average molecular weight is 363 g/mol. The second-order valence-corrected chi connectivity index (χ2v) is 5.65. The highest BCUT2D eigenvalue weighted by atomic mass is 35.5. The predicted octanol–water partition coefficient (Wildman–Crippen LogP) is 2.63. The van der Waals surface area contributed by atoms with Gasteiger partial charge in [0, 0.05) is 44.0 Å². The smallest absolute Gasteiger partial charge is 0.218 e. The summed E-state index contributed by atoms with van der Waals surface area (Å²) in [5.41, 5.74) is 2.07. The number of ether oxygens (including phenoxy) is 2. The van der Waals surface area contributed by atoms with Crippen molar-refractivity contribution in [3.05, 3.63) is 58.7 Å². The van der Waals surface area contributed by atoms with Crippen LogP contribution < -0.4 is 15.4 Å². The number of pyridine rings is 1. The standard InChI is InChI=1S/C18H23ClN4O2/c1-20-18(22-12-14-5-7-16(19)8-6-14)23-13-15-4-3-9-21-17(15)25-11-10-24-2/h3-9H,10-13H2,1-2H3,(H2,20,22,23). The van der Waals surface area contributed by atoms with Crippen LogP contribution in [0.15, 0.2) is 47.6 Å². The quantitative estimate of drug-likeness (QED) is 0.429. The normalized spacial score (nSPS) is 11.2. The van der Waals surface area contributed by atoms with E-state index in [4.69, 9.17) is 21.1 Å². The van der Waals surface area contributed by atoms with Gasteiger partial charge in [0.1, 0.15) is 6.61 Å². The molecule has 2 rings (SSSR count). The molecule has 0 unspecified atom stereocenters. The SMILES string of the molecule is CN=C(NCc1ccc(Cl)cc1)NCc1cccnc1OCCOC. The fraction of sp³-hybridized carbons (Fsp3) is 0.333. The minimum absolute atomic E-state index is 0.462. The zero-order chi connectivity index (χ0) is 17.9. The van der Waals surface area contributed by atoms with Gasteiger partial charge < -0.3 is 20.1 Å². The van der Waals surface area contributed by atoms with Gasteiger partial charge in [-0.3, -0.25) is 4.99 Å². The van der Waals surface area contributed by atoms with Gasteiger partial charge in [0.15, 0.2) is 5.96 Å². The van der Waals surface area contributed by atoms with Crippen molar-refractivity contribution >= 4 is 17.6 Å². The maximum absolute atomic E-state index is 5.90. The molecule has 6 nitrogen and oxygen atoms in total. The zero-order valence-electron chi connectivity index (χ0n) is 14.5. The summed E-state index contributed by atoms with van der Waals surface area (Å²) >= 11 is 5.90. The summed E-state index contributed by atoms with van der Waals surface area (Å²) in [5.74, 6) is 1.29. The van der Waals surface area contributed by atoms with Crippen molar-refractivity contribution in [3.63, 3.8) is 0 Å². The molecular formula is C18H23ClN4O2. The molecule has 25 heavy (non-hydrogen) atoms. The van der Waals surface area contributed by atoms with Gasteiger partial charge in [0.2, 0.25) is 5.88 Å². The third kappa shape index (κ3) is 6.60. The molecule has 134 valence electrons. The van der Waals surface area contributed by atoms with Crippen LogP contribution in [0.25, 0.3) is 0 Å². The lowest BCUT2D eigenvalue weighted by atomic mass is 10.2. The van der Waals surface area contributed by atoms with E-state index in [9.17, 15) is 0 Å². The van der Waals surface area contributed by atoms with Gasteiger partial charge in [-0.15, -0.1) is 0 Å². The van der Waals surface area contributed by atoms with E-state index in [1.807, 2.05) is 36.4 Å². The Labute approximate surface area is 153 Å². The van der Waals surface area contributed by atoms with Crippen molar-refractivity contribution in [1.82, 2.24) is 15.6 Å². The van der Waals surface area contributed by atoms with Gasteiger partial charge in [-0.25, -0.2) is 4.98 Å². The Morgan fingerprint density at radius 2 is 1.88 bits per heavy atom. The molecule has 2 N–H and O–H groups in total. The molecule has 2 aromatic rings. The lowest BCUT2D eigenvalue weighted by Crippen LogP contribution is -2.36. The lowest BCUT2D eigenvalue weighted by molar-refractivity contribution is 0.143. The summed E-state index contributed by atoms with van der Waals surface area (Å²) < 4.78 is 10.6. The first-order valence-electron chi connectivity index (χ1n) is 7.97. The highest BCUT2D eigenvalue weighted by Crippen LogP contribution is 2.14. The largest absolute Gasteiger partial charge is 0.475 e. The third-order valence-corrected chi connectivity index (χ3v) is 3.67. The fourth-order valence-corrected chi connectivity index (χ4v) is 2.22. The first kappa shape index (κ1) is 19.0. The van der Waals surface area contributed by atoms with Crippen molar-refractivity contribution in [2.45, 2.75) is 13.1 Å². The number of aromatic nitrogens is 1. The van der Waals surface area contributed by atoms with Crippen LogP contribution in [0, 0.1) is 0 Å². The van der Waals surface area contributed by atoms with Gasteiger partial charge in [-0.1, -0.05) is 29.8 Å². The zero-order valence-corrected chi connectivity index (χ0v) is 15.2. The van der Waals surface area contributed by atoms with Crippen molar-refractivity contribution in [1.29, 1.82) is 0 Å². The summed E-state index contributed by atoms with van der Waals surface area (Å²) in [6, 6.07) is 11.5. The third-order valence-electron chi connectivity index (χ3n) is 3.42. The van der Waals surface area contributed by atoms with E-state index in [1.165, 1.54) is 0 Å². The predicted molar refractivity (Wildman–Crippen MR) is 100 cm³/mol. The molecule has 1 aromatic carbocycles. The van der Waals surface area contributed by atoms with Crippen LogP contribution in [0.4, 0.5) is 0 Å². The van der Waals surface area contributed by atoms with Crippen LogP contribution in [-0.2, 0) is 17.8 Å². The van der Waals surface area contributed by atoms with Crippen LogP contribution in [0.3, 0.4) is 0 Å². The van der Waals surface area contributed by atoms with E-state index >= 15 is 0 Å². The molecule has 1 heterocycles. The van der Waals surface area contributed by atoms with Crippen LogP contribution in [-0.4, -0.2) is 38.3 Å². The number of guanidine groups is 1. The van der Waals surface area contributed by atoms with Crippen molar-refractivity contribution < 1.29 is 9.47 Å². The van der Waals surface area contributed by atoms with Gasteiger partial charge in [-0.05, 0) is 23.8 Å². The molecule has 1 aromatic heterocycles. The van der Waals surface area contributed by atoms with E-state index in [0.29, 0.717) is 38.1 Å². The van der Waals surface area contributed by atoms with Gasteiger partial charge in [0.05, 0.1) is 6.61 Å². The molecule has 0 aliphatic rings. The number of hydrogen-bond donors (Lipinski definition) is 2. The van der Waals surface area contributed by atoms with Crippen molar-refractivity contribution in [2.75, 3.05) is 27.4 Å². The molecule has 0 amide bonds. The molecule has 0 spiro atoms. The molecular weight excluding hydrogens is 340 g/mol. The highest BCUT2D eigenvalue weighted by molar-refractivity contribution is 6.30. The minimum Gasteiger partial charge on any atom is -0.475 e. The number of halogens is 1. The lowest BCUT2D eigenvalue weighted by Gasteiger charge is -2.14. The molecule has 0 radical (unpaired) electrons. The monoisotopic (exact) mass is 362 g/mol. The Morgan fingerprint density at radius 1 is 1.12 bits per heavy atom. The summed E-state index contributed by atoms with van der Waals surface area (Å²) in [4.78, 5) is 8.49.